The third-order valence-corrected chi connectivity index (χ3v) is 7.04. The Bertz CT molecular complexity index is 1230. The second kappa shape index (κ2) is 9.01. The summed E-state index contributed by atoms with van der Waals surface area (Å²) >= 11 is 0. The van der Waals surface area contributed by atoms with Crippen molar-refractivity contribution in [2.24, 2.45) is 5.92 Å². The highest BCUT2D eigenvalue weighted by Gasteiger charge is 2.23. The average molecular weight is 443 g/mol. The number of sulfonamides is 1. The number of benzene rings is 2. The minimum absolute atomic E-state index is 0.00219. The van der Waals surface area contributed by atoms with Crippen molar-refractivity contribution < 1.29 is 17.6 Å². The smallest absolute Gasteiger partial charge is 0.363 e. The zero-order valence-electron chi connectivity index (χ0n) is 17.4. The molecule has 1 aliphatic rings. The highest BCUT2D eigenvalue weighted by atomic mass is 32.2. The fourth-order valence-corrected chi connectivity index (χ4v) is 5.13. The first-order chi connectivity index (χ1) is 15.0. The molecule has 1 fully saturated rings. The van der Waals surface area contributed by atoms with Gasteiger partial charge in [-0.1, -0.05) is 37.5 Å². The van der Waals surface area contributed by atoms with Gasteiger partial charge in [-0.2, -0.15) is 0 Å². The van der Waals surface area contributed by atoms with Gasteiger partial charge in [-0.3, -0.25) is 4.72 Å². The molecule has 1 aliphatic carbocycles. The maximum Gasteiger partial charge on any atom is 0.363 e. The van der Waals surface area contributed by atoms with Gasteiger partial charge in [-0.25, -0.2) is 13.2 Å². The molecule has 31 heavy (non-hydrogen) atoms. The van der Waals surface area contributed by atoms with E-state index in [1.807, 2.05) is 12.1 Å². The number of rotatable bonds is 7. The Morgan fingerprint density at radius 3 is 2.58 bits per heavy atom. The standard InChI is InChI=1S/C23H26N2O5S/c1-29-17-10-7-11-18(14-17)31(27,28)25-22-21(24-15-16-8-3-2-4-9-16)19-12-5-6-13-20(19)30-23(22)26/h5-7,10-14,16,24-25H,2-4,8-9,15H2,1H3. The van der Waals surface area contributed by atoms with E-state index in [-0.39, 0.29) is 10.6 Å². The first-order valence-electron chi connectivity index (χ1n) is 10.4. The number of anilines is 2. The lowest BCUT2D eigenvalue weighted by atomic mass is 9.89. The molecule has 0 saturated heterocycles. The normalized spacial score (nSPS) is 15.0. The topological polar surface area (TPSA) is 97.6 Å². The van der Waals surface area contributed by atoms with Crippen LogP contribution in [0.1, 0.15) is 32.1 Å². The summed E-state index contributed by atoms with van der Waals surface area (Å²) < 4.78 is 39.1. The number of hydrogen-bond acceptors (Lipinski definition) is 6. The number of nitrogens with one attached hydrogen (secondary N) is 2. The van der Waals surface area contributed by atoms with Crippen LogP contribution in [-0.4, -0.2) is 22.1 Å². The molecule has 1 aromatic heterocycles. The van der Waals surface area contributed by atoms with Crippen LogP contribution in [0.3, 0.4) is 0 Å². The molecule has 0 atom stereocenters. The maximum absolute atomic E-state index is 13.0. The molecular formula is C23H26N2O5S. The van der Waals surface area contributed by atoms with Gasteiger partial charge in [-0.15, -0.1) is 0 Å². The molecule has 0 radical (unpaired) electrons. The van der Waals surface area contributed by atoms with Gasteiger partial charge in [0, 0.05) is 18.0 Å². The zero-order chi connectivity index (χ0) is 21.8. The van der Waals surface area contributed by atoms with Crippen molar-refractivity contribution in [3.05, 3.63) is 59.0 Å². The molecule has 8 heteroatoms. The molecule has 0 aliphatic heterocycles. The van der Waals surface area contributed by atoms with Crippen LogP contribution in [0.4, 0.5) is 11.4 Å². The lowest BCUT2D eigenvalue weighted by Crippen LogP contribution is -2.23. The van der Waals surface area contributed by atoms with Gasteiger partial charge < -0.3 is 14.5 Å². The maximum atomic E-state index is 13.0. The lowest BCUT2D eigenvalue weighted by Gasteiger charge is -2.23. The Labute approximate surface area is 181 Å². The zero-order valence-corrected chi connectivity index (χ0v) is 18.2. The van der Waals surface area contributed by atoms with E-state index in [0.717, 1.165) is 12.8 Å². The van der Waals surface area contributed by atoms with Crippen molar-refractivity contribution in [2.45, 2.75) is 37.0 Å². The summed E-state index contributed by atoms with van der Waals surface area (Å²) in [5.74, 6) is 0.895. The number of ether oxygens (including phenoxy) is 1. The molecule has 7 nitrogen and oxygen atoms in total. The van der Waals surface area contributed by atoms with Gasteiger partial charge in [0.15, 0.2) is 5.69 Å². The summed E-state index contributed by atoms with van der Waals surface area (Å²) in [6.07, 6.45) is 5.88. The SMILES string of the molecule is COc1cccc(S(=O)(=O)Nc2c(NCC3CCCCC3)c3ccccc3oc2=O)c1. The summed E-state index contributed by atoms with van der Waals surface area (Å²) in [5, 5.41) is 4.01. The van der Waals surface area contributed by atoms with Gasteiger partial charge >= 0.3 is 5.63 Å². The lowest BCUT2D eigenvalue weighted by molar-refractivity contribution is 0.373. The Morgan fingerprint density at radius 2 is 1.81 bits per heavy atom. The van der Waals surface area contributed by atoms with E-state index in [4.69, 9.17) is 9.15 Å². The highest BCUT2D eigenvalue weighted by Crippen LogP contribution is 2.32. The predicted octanol–water partition coefficient (Wildman–Crippen LogP) is 4.59. The molecule has 0 bridgehead atoms. The van der Waals surface area contributed by atoms with Crippen molar-refractivity contribution >= 4 is 32.4 Å². The quantitative estimate of drug-likeness (QED) is 0.519. The fraction of sp³-hybridized carbons (Fsp3) is 0.348. The Morgan fingerprint density at radius 1 is 1.03 bits per heavy atom. The van der Waals surface area contributed by atoms with E-state index in [9.17, 15) is 13.2 Å². The van der Waals surface area contributed by atoms with Gasteiger partial charge in [0.2, 0.25) is 0 Å². The molecule has 1 saturated carbocycles. The summed E-state index contributed by atoms with van der Waals surface area (Å²) in [6, 6.07) is 13.2. The molecule has 164 valence electrons. The van der Waals surface area contributed by atoms with Gasteiger partial charge in [0.1, 0.15) is 11.3 Å². The number of para-hydroxylation sites is 1. The van der Waals surface area contributed by atoms with Crippen molar-refractivity contribution in [1.29, 1.82) is 0 Å². The van der Waals surface area contributed by atoms with Crippen molar-refractivity contribution in [1.82, 2.24) is 0 Å². The highest BCUT2D eigenvalue weighted by molar-refractivity contribution is 7.92. The van der Waals surface area contributed by atoms with Gasteiger partial charge in [-0.05, 0) is 43.0 Å². The second-order valence-electron chi connectivity index (χ2n) is 7.81. The number of fused-ring (bicyclic) bond motifs is 1. The minimum Gasteiger partial charge on any atom is -0.497 e. The Balaban J connectivity index is 1.73. The molecule has 3 aromatic rings. The van der Waals surface area contributed by atoms with E-state index in [2.05, 4.69) is 10.0 Å². The summed E-state index contributed by atoms with van der Waals surface area (Å²) in [7, 11) is -2.57. The molecule has 2 N–H and O–H groups in total. The van der Waals surface area contributed by atoms with Crippen LogP contribution in [0.25, 0.3) is 11.0 Å². The van der Waals surface area contributed by atoms with Crippen LogP contribution in [-0.2, 0) is 10.0 Å². The van der Waals surface area contributed by atoms with Gasteiger partial charge in [0.05, 0.1) is 17.7 Å². The number of hydrogen-bond donors (Lipinski definition) is 2. The predicted molar refractivity (Wildman–Crippen MR) is 121 cm³/mol. The summed E-state index contributed by atoms with van der Waals surface area (Å²) in [5.41, 5.74) is 0.000474. The monoisotopic (exact) mass is 442 g/mol. The molecule has 0 amide bonds. The van der Waals surface area contributed by atoms with Crippen LogP contribution in [0.15, 0.2) is 62.6 Å². The van der Waals surface area contributed by atoms with E-state index in [1.165, 1.54) is 38.5 Å². The van der Waals surface area contributed by atoms with E-state index in [0.29, 0.717) is 34.9 Å². The van der Waals surface area contributed by atoms with Crippen LogP contribution in [0.5, 0.6) is 5.75 Å². The van der Waals surface area contributed by atoms with Crippen LogP contribution in [0.2, 0.25) is 0 Å². The molecule has 2 aromatic carbocycles. The minimum atomic E-state index is -4.03. The average Bonchev–Trinajstić information content (AvgIpc) is 2.79. The molecule has 0 spiro atoms. The third-order valence-electron chi connectivity index (χ3n) is 5.69. The van der Waals surface area contributed by atoms with Gasteiger partial charge in [0.25, 0.3) is 10.0 Å². The molecular weight excluding hydrogens is 416 g/mol. The molecule has 4 rings (SSSR count). The fourth-order valence-electron chi connectivity index (χ4n) is 4.03. The van der Waals surface area contributed by atoms with Crippen molar-refractivity contribution in [2.75, 3.05) is 23.7 Å². The summed E-state index contributed by atoms with van der Waals surface area (Å²) in [4.78, 5) is 12.8. The largest absolute Gasteiger partial charge is 0.497 e. The Hall–Kier alpha value is -3.00. The summed E-state index contributed by atoms with van der Waals surface area (Å²) in [6.45, 7) is 0.668. The first kappa shape index (κ1) is 21.2. The Kier molecular flexibility index (Phi) is 6.18. The van der Waals surface area contributed by atoms with E-state index >= 15 is 0 Å². The third kappa shape index (κ3) is 4.69. The molecule has 0 unspecified atom stereocenters. The van der Waals surface area contributed by atoms with Crippen LogP contribution >= 0.6 is 0 Å². The van der Waals surface area contributed by atoms with E-state index in [1.54, 1.807) is 24.3 Å². The molecule has 1 heterocycles. The van der Waals surface area contributed by atoms with Crippen molar-refractivity contribution in [3.63, 3.8) is 0 Å². The van der Waals surface area contributed by atoms with Crippen LogP contribution in [0, 0.1) is 5.92 Å². The number of methoxy groups -OCH3 is 1. The second-order valence-corrected chi connectivity index (χ2v) is 9.49. The van der Waals surface area contributed by atoms with Crippen molar-refractivity contribution in [3.8, 4) is 5.75 Å². The van der Waals surface area contributed by atoms with E-state index < -0.39 is 15.6 Å². The first-order valence-corrected chi connectivity index (χ1v) is 11.9. The van der Waals surface area contributed by atoms with Crippen LogP contribution < -0.4 is 20.4 Å².